The van der Waals surface area contributed by atoms with Gasteiger partial charge < -0.3 is 10.2 Å². The molecular formula is C16H21N3O4S. The fraction of sp³-hybridized carbons (Fsp3) is 0.500. The fourth-order valence-corrected chi connectivity index (χ4v) is 4.08. The van der Waals surface area contributed by atoms with Crippen molar-refractivity contribution in [3.63, 3.8) is 0 Å². The lowest BCUT2D eigenvalue weighted by atomic mass is 9.79. The third kappa shape index (κ3) is 2.91. The summed E-state index contributed by atoms with van der Waals surface area (Å²) in [5.74, 6) is -0.243. The van der Waals surface area contributed by atoms with Gasteiger partial charge in [-0.2, -0.15) is 0 Å². The summed E-state index contributed by atoms with van der Waals surface area (Å²) in [5, 5.41) is 8.04. The first-order chi connectivity index (χ1) is 11.2. The van der Waals surface area contributed by atoms with E-state index in [2.05, 4.69) is 5.32 Å². The molecule has 3 rings (SSSR count). The minimum Gasteiger partial charge on any atom is -0.356 e. The number of benzene rings is 1. The number of likely N-dealkylation sites (tertiary alicyclic amines) is 1. The van der Waals surface area contributed by atoms with Crippen LogP contribution in [0.3, 0.4) is 0 Å². The third-order valence-electron chi connectivity index (χ3n) is 5.01. The SMILES string of the molecule is Cc1ccc(S(N)(=O)=O)cc1C(=O)N1CC[C@@]2(CCCNC2=O)C1. The van der Waals surface area contributed by atoms with Crippen molar-refractivity contribution in [1.29, 1.82) is 0 Å². The van der Waals surface area contributed by atoms with E-state index in [9.17, 15) is 18.0 Å². The zero-order valence-electron chi connectivity index (χ0n) is 13.5. The van der Waals surface area contributed by atoms with Crippen LogP contribution in [0.4, 0.5) is 0 Å². The number of nitrogens with two attached hydrogens (primary N) is 1. The number of aryl methyl sites for hydroxylation is 1. The van der Waals surface area contributed by atoms with E-state index in [4.69, 9.17) is 5.14 Å². The number of amides is 2. The number of primary sulfonamides is 1. The Morgan fingerprint density at radius 2 is 2.08 bits per heavy atom. The lowest BCUT2D eigenvalue weighted by Gasteiger charge is -2.32. The van der Waals surface area contributed by atoms with Gasteiger partial charge in [0.1, 0.15) is 0 Å². The predicted octanol–water partition coefficient (Wildman–Crippen LogP) is 0.385. The van der Waals surface area contributed by atoms with Gasteiger partial charge in [0.15, 0.2) is 0 Å². The first-order valence-corrected chi connectivity index (χ1v) is 9.49. The molecule has 0 unspecified atom stereocenters. The molecular weight excluding hydrogens is 330 g/mol. The van der Waals surface area contributed by atoms with Crippen molar-refractivity contribution in [3.8, 4) is 0 Å². The highest BCUT2D eigenvalue weighted by atomic mass is 32.2. The van der Waals surface area contributed by atoms with Gasteiger partial charge in [0.05, 0.1) is 10.3 Å². The summed E-state index contributed by atoms with van der Waals surface area (Å²) in [4.78, 5) is 26.6. The number of nitrogens with one attached hydrogen (secondary N) is 1. The van der Waals surface area contributed by atoms with Crippen LogP contribution < -0.4 is 10.5 Å². The minimum atomic E-state index is -3.87. The molecule has 1 aromatic carbocycles. The molecule has 1 spiro atoms. The monoisotopic (exact) mass is 351 g/mol. The molecule has 130 valence electrons. The molecule has 7 nitrogen and oxygen atoms in total. The average Bonchev–Trinajstić information content (AvgIpc) is 2.94. The molecule has 1 aromatic rings. The molecule has 0 bridgehead atoms. The number of nitrogens with zero attached hydrogens (tertiary/aromatic N) is 1. The van der Waals surface area contributed by atoms with Crippen molar-refractivity contribution in [3.05, 3.63) is 29.3 Å². The second-order valence-corrected chi connectivity index (χ2v) is 8.20. The minimum absolute atomic E-state index is 0.0130. The molecule has 0 saturated carbocycles. The smallest absolute Gasteiger partial charge is 0.254 e. The zero-order valence-corrected chi connectivity index (χ0v) is 14.4. The van der Waals surface area contributed by atoms with Gasteiger partial charge in [0.25, 0.3) is 5.91 Å². The highest BCUT2D eigenvalue weighted by Gasteiger charge is 2.47. The van der Waals surface area contributed by atoms with E-state index in [1.54, 1.807) is 17.9 Å². The van der Waals surface area contributed by atoms with Crippen molar-refractivity contribution in [2.75, 3.05) is 19.6 Å². The third-order valence-corrected chi connectivity index (χ3v) is 5.92. The summed E-state index contributed by atoms with van der Waals surface area (Å²) in [5.41, 5.74) is 0.496. The van der Waals surface area contributed by atoms with Crippen LogP contribution in [-0.2, 0) is 14.8 Å². The molecule has 1 atom stereocenters. The van der Waals surface area contributed by atoms with Gasteiger partial charge >= 0.3 is 0 Å². The van der Waals surface area contributed by atoms with Gasteiger partial charge in [-0.1, -0.05) is 6.07 Å². The van der Waals surface area contributed by atoms with Crippen LogP contribution in [0.15, 0.2) is 23.1 Å². The maximum absolute atomic E-state index is 12.8. The second kappa shape index (κ2) is 5.86. The molecule has 24 heavy (non-hydrogen) atoms. The summed E-state index contributed by atoms with van der Waals surface area (Å²) in [6.07, 6.45) is 2.32. The van der Waals surface area contributed by atoms with E-state index in [0.29, 0.717) is 37.2 Å². The second-order valence-electron chi connectivity index (χ2n) is 6.64. The number of hydrogen-bond acceptors (Lipinski definition) is 4. The largest absolute Gasteiger partial charge is 0.356 e. The number of hydrogen-bond donors (Lipinski definition) is 2. The molecule has 2 fully saturated rings. The molecule has 0 radical (unpaired) electrons. The Balaban J connectivity index is 1.87. The summed E-state index contributed by atoms with van der Waals surface area (Å²) in [7, 11) is -3.87. The van der Waals surface area contributed by atoms with Crippen LogP contribution in [0.5, 0.6) is 0 Å². The quantitative estimate of drug-likeness (QED) is 0.803. The van der Waals surface area contributed by atoms with Crippen LogP contribution in [-0.4, -0.2) is 44.8 Å². The maximum atomic E-state index is 12.8. The van der Waals surface area contributed by atoms with E-state index in [1.165, 1.54) is 12.1 Å². The molecule has 0 aliphatic carbocycles. The van der Waals surface area contributed by atoms with Gasteiger partial charge in [0, 0.05) is 25.2 Å². The number of sulfonamides is 1. The number of rotatable bonds is 2. The van der Waals surface area contributed by atoms with Gasteiger partial charge in [0.2, 0.25) is 15.9 Å². The van der Waals surface area contributed by atoms with Gasteiger partial charge in [-0.3, -0.25) is 9.59 Å². The highest BCUT2D eigenvalue weighted by molar-refractivity contribution is 7.89. The first kappa shape index (κ1) is 16.9. The summed E-state index contributed by atoms with van der Waals surface area (Å²) in [6.45, 7) is 3.30. The van der Waals surface area contributed by atoms with E-state index in [-0.39, 0.29) is 16.7 Å². The number of piperidine rings is 1. The van der Waals surface area contributed by atoms with Crippen molar-refractivity contribution in [2.45, 2.75) is 31.1 Å². The average molecular weight is 351 g/mol. The van der Waals surface area contributed by atoms with Gasteiger partial charge in [-0.05, 0) is 43.9 Å². The van der Waals surface area contributed by atoms with E-state index < -0.39 is 15.4 Å². The van der Waals surface area contributed by atoms with Crippen molar-refractivity contribution >= 4 is 21.8 Å². The van der Waals surface area contributed by atoms with E-state index in [0.717, 1.165) is 12.8 Å². The molecule has 2 saturated heterocycles. The Bertz CT molecular complexity index is 806. The maximum Gasteiger partial charge on any atom is 0.254 e. The van der Waals surface area contributed by atoms with Crippen molar-refractivity contribution in [1.82, 2.24) is 10.2 Å². The predicted molar refractivity (Wildman–Crippen MR) is 87.7 cm³/mol. The zero-order chi connectivity index (χ0) is 17.5. The topological polar surface area (TPSA) is 110 Å². The van der Waals surface area contributed by atoms with Crippen LogP contribution in [0.2, 0.25) is 0 Å². The standard InChI is InChI=1S/C16H21N3O4S/c1-11-3-4-12(24(17,22)23)9-13(11)14(20)19-8-6-16(10-19)5-2-7-18-15(16)21/h3-4,9H,2,5-8,10H2,1H3,(H,18,21)(H2,17,22,23)/t16-/m0/s1. The van der Waals surface area contributed by atoms with Crippen molar-refractivity contribution < 1.29 is 18.0 Å². The van der Waals surface area contributed by atoms with Crippen LogP contribution >= 0.6 is 0 Å². The van der Waals surface area contributed by atoms with E-state index >= 15 is 0 Å². The van der Waals surface area contributed by atoms with Crippen LogP contribution in [0, 0.1) is 12.3 Å². The number of carbonyl (C=O) groups is 2. The molecule has 0 aromatic heterocycles. The summed E-state index contributed by atoms with van der Waals surface area (Å²) >= 11 is 0. The van der Waals surface area contributed by atoms with E-state index in [1.807, 2.05) is 0 Å². The Labute approximate surface area is 141 Å². The molecule has 2 heterocycles. The normalized spacial score (nSPS) is 24.2. The molecule has 2 aliphatic heterocycles. The van der Waals surface area contributed by atoms with Crippen LogP contribution in [0.25, 0.3) is 0 Å². The Hall–Kier alpha value is -1.93. The number of carbonyl (C=O) groups excluding carboxylic acids is 2. The van der Waals surface area contributed by atoms with Gasteiger partial charge in [-0.15, -0.1) is 0 Å². The molecule has 3 N–H and O–H groups in total. The Morgan fingerprint density at radius 3 is 2.75 bits per heavy atom. The Morgan fingerprint density at radius 1 is 1.33 bits per heavy atom. The van der Waals surface area contributed by atoms with Gasteiger partial charge in [-0.25, -0.2) is 13.6 Å². The molecule has 2 aliphatic rings. The van der Waals surface area contributed by atoms with Crippen molar-refractivity contribution in [2.24, 2.45) is 10.6 Å². The molecule has 8 heteroatoms. The highest BCUT2D eigenvalue weighted by Crippen LogP contribution is 2.38. The fourth-order valence-electron chi connectivity index (χ4n) is 3.54. The molecule has 2 amide bonds. The Kier molecular flexibility index (Phi) is 4.13. The summed E-state index contributed by atoms with van der Waals surface area (Å²) < 4.78 is 23.1. The lowest BCUT2D eigenvalue weighted by Crippen LogP contribution is -2.47. The summed E-state index contributed by atoms with van der Waals surface area (Å²) in [6, 6.07) is 4.28. The lowest BCUT2D eigenvalue weighted by molar-refractivity contribution is -0.132. The van der Waals surface area contributed by atoms with Crippen LogP contribution in [0.1, 0.15) is 35.2 Å². The first-order valence-electron chi connectivity index (χ1n) is 7.94.